The van der Waals surface area contributed by atoms with Gasteiger partial charge < -0.3 is 10.2 Å². The normalized spacial score (nSPS) is 13.8. The maximum atomic E-state index is 12.6. The molecule has 2 aromatic carbocycles. The molecule has 24 heavy (non-hydrogen) atoms. The summed E-state index contributed by atoms with van der Waals surface area (Å²) in [6.07, 6.45) is 2.13. The van der Waals surface area contributed by atoms with Gasteiger partial charge in [-0.2, -0.15) is 0 Å². The largest absolute Gasteiger partial charge is 0.339 e. The minimum atomic E-state index is -0.166. The van der Waals surface area contributed by atoms with Crippen LogP contribution in [0.1, 0.15) is 39.1 Å². The number of hydrogen-bond donors (Lipinski definition) is 1. The van der Waals surface area contributed by atoms with Crippen molar-refractivity contribution < 1.29 is 9.59 Å². The minimum absolute atomic E-state index is 0.0513. The van der Waals surface area contributed by atoms with Crippen LogP contribution < -0.4 is 5.32 Å². The molecule has 0 spiro atoms. The Balaban J connectivity index is 1.81. The highest BCUT2D eigenvalue weighted by Gasteiger charge is 2.22. The van der Waals surface area contributed by atoms with E-state index in [9.17, 15) is 9.59 Å². The van der Waals surface area contributed by atoms with E-state index in [1.54, 1.807) is 12.1 Å². The molecule has 2 amide bonds. The second kappa shape index (κ2) is 7.34. The van der Waals surface area contributed by atoms with Gasteiger partial charge in [0.1, 0.15) is 0 Å². The second-order valence-corrected chi connectivity index (χ2v) is 7.18. The van der Waals surface area contributed by atoms with E-state index in [0.29, 0.717) is 16.8 Å². The summed E-state index contributed by atoms with van der Waals surface area (Å²) in [5.74, 6) is -0.115. The lowest BCUT2D eigenvalue weighted by molar-refractivity contribution is 0.0791. The molecule has 1 N–H and O–H groups in total. The summed E-state index contributed by atoms with van der Waals surface area (Å²) in [6, 6.07) is 12.9. The SMILES string of the molecule is Cc1c(NC(=O)c2ccc(I)cc2)cccc1C(=O)N1CCCC1. The first-order valence-corrected chi connectivity index (χ1v) is 9.10. The summed E-state index contributed by atoms with van der Waals surface area (Å²) in [7, 11) is 0. The summed E-state index contributed by atoms with van der Waals surface area (Å²) in [4.78, 5) is 26.9. The Morgan fingerprint density at radius 1 is 1.04 bits per heavy atom. The van der Waals surface area contributed by atoms with Gasteiger partial charge in [-0.05, 0) is 84.3 Å². The van der Waals surface area contributed by atoms with E-state index in [-0.39, 0.29) is 11.8 Å². The summed E-state index contributed by atoms with van der Waals surface area (Å²) in [5, 5.41) is 2.92. The van der Waals surface area contributed by atoms with Crippen LogP contribution in [0.3, 0.4) is 0 Å². The second-order valence-electron chi connectivity index (χ2n) is 5.94. The zero-order valence-electron chi connectivity index (χ0n) is 13.5. The molecule has 5 heteroatoms. The number of amides is 2. The zero-order chi connectivity index (χ0) is 17.1. The minimum Gasteiger partial charge on any atom is -0.339 e. The molecule has 4 nitrogen and oxygen atoms in total. The van der Waals surface area contributed by atoms with Crippen LogP contribution in [0.15, 0.2) is 42.5 Å². The van der Waals surface area contributed by atoms with Crippen LogP contribution in [0.2, 0.25) is 0 Å². The average molecular weight is 434 g/mol. The molecule has 1 heterocycles. The molecular formula is C19H19IN2O2. The first kappa shape index (κ1) is 17.0. The Bertz CT molecular complexity index is 765. The van der Waals surface area contributed by atoms with E-state index in [4.69, 9.17) is 0 Å². The highest BCUT2D eigenvalue weighted by Crippen LogP contribution is 2.23. The van der Waals surface area contributed by atoms with Crippen molar-refractivity contribution in [3.63, 3.8) is 0 Å². The number of nitrogens with one attached hydrogen (secondary N) is 1. The van der Waals surface area contributed by atoms with Crippen LogP contribution in [-0.2, 0) is 0 Å². The Morgan fingerprint density at radius 3 is 2.38 bits per heavy atom. The predicted octanol–water partition coefficient (Wildman–Crippen LogP) is 4.09. The van der Waals surface area contributed by atoms with Crippen molar-refractivity contribution in [2.24, 2.45) is 0 Å². The number of benzene rings is 2. The van der Waals surface area contributed by atoms with Gasteiger partial charge in [-0.1, -0.05) is 6.07 Å². The van der Waals surface area contributed by atoms with Crippen LogP contribution in [0.25, 0.3) is 0 Å². The van der Waals surface area contributed by atoms with Crippen molar-refractivity contribution in [2.75, 3.05) is 18.4 Å². The molecule has 1 aliphatic heterocycles. The van der Waals surface area contributed by atoms with Crippen LogP contribution in [0.5, 0.6) is 0 Å². The van der Waals surface area contributed by atoms with Crippen LogP contribution in [0, 0.1) is 10.5 Å². The van der Waals surface area contributed by atoms with E-state index in [0.717, 1.165) is 35.1 Å². The number of carbonyl (C=O) groups excluding carboxylic acids is 2. The van der Waals surface area contributed by atoms with Crippen molar-refractivity contribution >= 4 is 40.1 Å². The number of nitrogens with zero attached hydrogens (tertiary/aromatic N) is 1. The van der Waals surface area contributed by atoms with Crippen molar-refractivity contribution in [3.8, 4) is 0 Å². The van der Waals surface area contributed by atoms with Gasteiger partial charge >= 0.3 is 0 Å². The van der Waals surface area contributed by atoms with E-state index in [2.05, 4.69) is 27.9 Å². The Labute approximate surface area is 155 Å². The fourth-order valence-corrected chi connectivity index (χ4v) is 3.25. The Hall–Kier alpha value is -1.89. The molecule has 0 atom stereocenters. The van der Waals surface area contributed by atoms with Crippen molar-refractivity contribution in [3.05, 3.63) is 62.7 Å². The van der Waals surface area contributed by atoms with Gasteiger partial charge in [0.05, 0.1) is 0 Å². The molecular weight excluding hydrogens is 415 g/mol. The van der Waals surface area contributed by atoms with Crippen molar-refractivity contribution in [1.29, 1.82) is 0 Å². The molecule has 0 aromatic heterocycles. The lowest BCUT2D eigenvalue weighted by Crippen LogP contribution is -2.28. The Morgan fingerprint density at radius 2 is 1.71 bits per heavy atom. The molecule has 1 saturated heterocycles. The molecule has 2 aromatic rings. The molecule has 0 aliphatic carbocycles. The van der Waals surface area contributed by atoms with Gasteiger partial charge in [0.25, 0.3) is 11.8 Å². The molecule has 0 unspecified atom stereocenters. The fraction of sp³-hybridized carbons (Fsp3) is 0.263. The third-order valence-corrected chi connectivity index (χ3v) is 5.03. The molecule has 0 radical (unpaired) electrons. The van der Waals surface area contributed by atoms with E-state index < -0.39 is 0 Å². The topological polar surface area (TPSA) is 49.4 Å². The summed E-state index contributed by atoms with van der Waals surface area (Å²) < 4.78 is 1.08. The monoisotopic (exact) mass is 434 g/mol. The molecule has 3 rings (SSSR count). The van der Waals surface area contributed by atoms with Crippen molar-refractivity contribution in [2.45, 2.75) is 19.8 Å². The van der Waals surface area contributed by atoms with Gasteiger partial charge in [-0.3, -0.25) is 9.59 Å². The van der Waals surface area contributed by atoms with E-state index in [1.807, 2.05) is 42.2 Å². The molecule has 124 valence electrons. The van der Waals surface area contributed by atoms with Gasteiger partial charge in [0, 0.05) is 33.5 Å². The highest BCUT2D eigenvalue weighted by molar-refractivity contribution is 14.1. The quantitative estimate of drug-likeness (QED) is 0.741. The van der Waals surface area contributed by atoms with Gasteiger partial charge in [0.2, 0.25) is 0 Å². The third kappa shape index (κ3) is 3.61. The summed E-state index contributed by atoms with van der Waals surface area (Å²) in [6.45, 7) is 3.52. The Kier molecular flexibility index (Phi) is 5.18. The maximum Gasteiger partial charge on any atom is 0.255 e. The first-order chi connectivity index (χ1) is 11.6. The van der Waals surface area contributed by atoms with E-state index >= 15 is 0 Å². The standard InChI is InChI=1S/C19H19IN2O2/c1-13-16(19(24)22-11-2-3-12-22)5-4-6-17(13)21-18(23)14-7-9-15(20)10-8-14/h4-10H,2-3,11-12H2,1H3,(H,21,23). The number of halogens is 1. The number of rotatable bonds is 3. The fourth-order valence-electron chi connectivity index (χ4n) is 2.89. The lowest BCUT2D eigenvalue weighted by atomic mass is 10.0. The molecule has 0 bridgehead atoms. The average Bonchev–Trinajstić information content (AvgIpc) is 3.11. The predicted molar refractivity (Wildman–Crippen MR) is 103 cm³/mol. The lowest BCUT2D eigenvalue weighted by Gasteiger charge is -2.18. The van der Waals surface area contributed by atoms with Gasteiger partial charge in [-0.15, -0.1) is 0 Å². The number of likely N-dealkylation sites (tertiary alicyclic amines) is 1. The van der Waals surface area contributed by atoms with Crippen molar-refractivity contribution in [1.82, 2.24) is 4.90 Å². The van der Waals surface area contributed by atoms with Crippen LogP contribution in [0.4, 0.5) is 5.69 Å². The number of carbonyl (C=O) groups is 2. The highest BCUT2D eigenvalue weighted by atomic mass is 127. The zero-order valence-corrected chi connectivity index (χ0v) is 15.7. The molecule has 1 aliphatic rings. The van der Waals surface area contributed by atoms with Crippen LogP contribution >= 0.6 is 22.6 Å². The van der Waals surface area contributed by atoms with Gasteiger partial charge in [0.15, 0.2) is 0 Å². The first-order valence-electron chi connectivity index (χ1n) is 8.02. The number of anilines is 1. The maximum absolute atomic E-state index is 12.6. The summed E-state index contributed by atoms with van der Waals surface area (Å²) in [5.41, 5.74) is 2.76. The smallest absolute Gasteiger partial charge is 0.255 e. The summed E-state index contributed by atoms with van der Waals surface area (Å²) >= 11 is 2.20. The van der Waals surface area contributed by atoms with Crippen LogP contribution in [-0.4, -0.2) is 29.8 Å². The molecule has 1 fully saturated rings. The third-order valence-electron chi connectivity index (χ3n) is 4.31. The number of hydrogen-bond acceptors (Lipinski definition) is 2. The molecule has 0 saturated carbocycles. The van der Waals surface area contributed by atoms with E-state index in [1.165, 1.54) is 0 Å². The van der Waals surface area contributed by atoms with Gasteiger partial charge in [-0.25, -0.2) is 0 Å².